The minimum absolute atomic E-state index is 0.121. The molecule has 0 radical (unpaired) electrons. The first-order chi connectivity index (χ1) is 26.7. The highest BCUT2D eigenvalue weighted by Gasteiger charge is 2.32. The first-order valence-corrected chi connectivity index (χ1v) is 21.3. The van der Waals surface area contributed by atoms with Gasteiger partial charge in [-0.15, -0.1) is 0 Å². The minimum atomic E-state index is -0.782. The molecule has 0 spiro atoms. The Kier molecular flexibility index (Phi) is 18.7. The summed E-state index contributed by atoms with van der Waals surface area (Å²) in [6.45, 7) is 29.7. The van der Waals surface area contributed by atoms with Gasteiger partial charge >= 0.3 is 11.8 Å². The topological polar surface area (TPSA) is 151 Å². The Morgan fingerprint density at radius 1 is 0.517 bits per heavy atom. The third-order valence-electron chi connectivity index (χ3n) is 10.4. The van der Waals surface area contributed by atoms with Crippen molar-refractivity contribution in [3.63, 3.8) is 0 Å². The highest BCUT2D eigenvalue weighted by Crippen LogP contribution is 2.43. The number of carbonyl (C=O) groups excluding carboxylic acids is 4. The van der Waals surface area contributed by atoms with Crippen LogP contribution in [0, 0.1) is 0 Å². The van der Waals surface area contributed by atoms with Crippen LogP contribution in [0.2, 0.25) is 0 Å². The van der Waals surface area contributed by atoms with Crippen molar-refractivity contribution in [3.05, 3.63) is 57.6 Å². The van der Waals surface area contributed by atoms with Gasteiger partial charge in [0, 0.05) is 51.0 Å². The molecule has 0 heterocycles. The summed E-state index contributed by atoms with van der Waals surface area (Å²) < 4.78 is 11.6. The van der Waals surface area contributed by atoms with E-state index in [1.165, 1.54) is 0 Å². The molecule has 2 atom stereocenters. The van der Waals surface area contributed by atoms with Crippen LogP contribution >= 0.6 is 0 Å². The molecular formula is C48H76N2O8. The molecule has 326 valence electrons. The van der Waals surface area contributed by atoms with Crippen molar-refractivity contribution in [2.24, 2.45) is 0 Å². The van der Waals surface area contributed by atoms with E-state index in [-0.39, 0.29) is 84.2 Å². The molecule has 2 unspecified atom stereocenters. The Morgan fingerprint density at radius 2 is 0.793 bits per heavy atom. The van der Waals surface area contributed by atoms with Crippen LogP contribution in [0.1, 0.15) is 181 Å². The molecule has 0 saturated carbocycles. The summed E-state index contributed by atoms with van der Waals surface area (Å²) in [5.74, 6) is -1.57. The Hall–Kier alpha value is -3.76. The van der Waals surface area contributed by atoms with Crippen LogP contribution in [-0.4, -0.2) is 73.1 Å². The van der Waals surface area contributed by atoms with E-state index >= 15 is 0 Å². The number of nitrogens with one attached hydrogen (secondary N) is 2. The number of aromatic hydroxyl groups is 2. The summed E-state index contributed by atoms with van der Waals surface area (Å²) in [5, 5.41) is 27.5. The highest BCUT2D eigenvalue weighted by molar-refractivity contribution is 6.35. The molecule has 2 amide bonds. The Labute approximate surface area is 349 Å². The second kappa shape index (κ2) is 21.5. The molecule has 2 rings (SSSR count). The van der Waals surface area contributed by atoms with Gasteiger partial charge in [0.1, 0.15) is 23.1 Å². The predicted octanol–water partition coefficient (Wildman–Crippen LogP) is 8.94. The molecule has 2 aromatic carbocycles. The van der Waals surface area contributed by atoms with Gasteiger partial charge in [0.25, 0.3) is 0 Å². The third-order valence-corrected chi connectivity index (χ3v) is 10.4. The monoisotopic (exact) mass is 809 g/mol. The van der Waals surface area contributed by atoms with Gasteiger partial charge in [-0.2, -0.15) is 0 Å². The Balaban J connectivity index is 1.92. The summed E-state index contributed by atoms with van der Waals surface area (Å²) in [6, 6.07) is 7.83. The first kappa shape index (κ1) is 50.4. The predicted molar refractivity (Wildman–Crippen MR) is 233 cm³/mol. The normalized spacial score (nSPS) is 13.6. The zero-order valence-corrected chi connectivity index (χ0v) is 38.3. The van der Waals surface area contributed by atoms with Crippen LogP contribution in [0.25, 0.3) is 0 Å². The molecule has 0 aliphatic carbocycles. The molecule has 0 saturated heterocycles. The van der Waals surface area contributed by atoms with Gasteiger partial charge in [-0.25, -0.2) is 0 Å². The highest BCUT2D eigenvalue weighted by atomic mass is 16.5. The summed E-state index contributed by atoms with van der Waals surface area (Å²) >= 11 is 0. The lowest BCUT2D eigenvalue weighted by molar-refractivity contribution is -0.139. The number of phenolic OH excluding ortho intramolecular Hbond substituents is 2. The van der Waals surface area contributed by atoms with Crippen LogP contribution < -0.4 is 10.6 Å². The lowest BCUT2D eigenvalue weighted by Gasteiger charge is -2.30. The van der Waals surface area contributed by atoms with E-state index in [4.69, 9.17) is 9.47 Å². The molecule has 0 aliphatic rings. The number of hydrogen-bond donors (Lipinski definition) is 4. The molecule has 0 bridgehead atoms. The van der Waals surface area contributed by atoms with Gasteiger partial charge in [-0.05, 0) is 80.7 Å². The van der Waals surface area contributed by atoms with Gasteiger partial charge in [0.05, 0.1) is 13.2 Å². The van der Waals surface area contributed by atoms with Crippen LogP contribution in [-0.2, 0) is 50.3 Å². The summed E-state index contributed by atoms with van der Waals surface area (Å²) in [5.41, 5.74) is 3.67. The van der Waals surface area contributed by atoms with Crippen molar-refractivity contribution in [3.8, 4) is 11.5 Å². The zero-order chi connectivity index (χ0) is 44.2. The Bertz CT molecular complexity index is 1510. The van der Waals surface area contributed by atoms with E-state index in [1.54, 1.807) is 0 Å². The molecule has 0 aliphatic heterocycles. The fourth-order valence-corrected chi connectivity index (χ4v) is 7.11. The third kappa shape index (κ3) is 14.8. The van der Waals surface area contributed by atoms with Gasteiger partial charge in [0.2, 0.25) is 0 Å². The smallest absolute Gasteiger partial charge is 0.309 e. The largest absolute Gasteiger partial charge is 0.507 e. The van der Waals surface area contributed by atoms with Crippen LogP contribution in [0.4, 0.5) is 0 Å². The van der Waals surface area contributed by atoms with E-state index < -0.39 is 23.7 Å². The van der Waals surface area contributed by atoms with Crippen molar-refractivity contribution in [2.45, 2.75) is 169 Å². The molecular weight excluding hydrogens is 733 g/mol. The van der Waals surface area contributed by atoms with E-state index in [0.717, 1.165) is 46.2 Å². The van der Waals surface area contributed by atoms with Crippen LogP contribution in [0.3, 0.4) is 0 Å². The SMILES string of the molecule is CCCC(=O)C(CCOCCNC(=O)C(=O)NCCOCCC(C(=O)CCC)c1cc(C(C)(C)C)c(O)c(C(C)(C)C)c1)c1cc(C(C)(C)C)c(O)c(C(C)(C)C)c1. The van der Waals surface area contributed by atoms with Crippen molar-refractivity contribution in [1.82, 2.24) is 10.6 Å². The van der Waals surface area contributed by atoms with E-state index in [9.17, 15) is 29.4 Å². The van der Waals surface area contributed by atoms with E-state index in [1.807, 2.05) is 121 Å². The molecule has 10 heteroatoms. The van der Waals surface area contributed by atoms with Gasteiger partial charge in [-0.3, -0.25) is 19.2 Å². The molecule has 58 heavy (non-hydrogen) atoms. The van der Waals surface area contributed by atoms with Crippen molar-refractivity contribution in [1.29, 1.82) is 0 Å². The van der Waals surface area contributed by atoms with Gasteiger partial charge in [0.15, 0.2) is 0 Å². The number of Topliss-reactive ketones (excluding diaryl/α,β-unsaturated/α-hetero) is 2. The van der Waals surface area contributed by atoms with E-state index in [0.29, 0.717) is 25.7 Å². The number of rotatable bonds is 20. The van der Waals surface area contributed by atoms with Crippen LogP contribution in [0.5, 0.6) is 11.5 Å². The van der Waals surface area contributed by atoms with Crippen molar-refractivity contribution in [2.75, 3.05) is 39.5 Å². The lowest BCUT2D eigenvalue weighted by Crippen LogP contribution is -2.42. The average molecular weight is 809 g/mol. The standard InChI is InChI=1S/C48H76N2O8/c1-15-17-39(51)33(31-27-35(45(3,4)5)41(53)36(28-31)46(6,7)8)19-23-57-25-21-49-43(55)44(56)50-22-26-58-24-20-34(40(52)18-16-2)32-29-37(47(9,10)11)42(54)38(30-32)48(12,13)14/h27-30,33-34,53-54H,15-26H2,1-14H3,(H,49,55)(H,50,56). The van der Waals surface area contributed by atoms with E-state index in [2.05, 4.69) is 10.6 Å². The number of ether oxygens (including phenoxy) is 2. The number of hydrogen-bond acceptors (Lipinski definition) is 8. The van der Waals surface area contributed by atoms with Crippen LogP contribution in [0.15, 0.2) is 24.3 Å². The number of carbonyl (C=O) groups is 4. The lowest BCUT2D eigenvalue weighted by atomic mass is 9.76. The zero-order valence-electron chi connectivity index (χ0n) is 38.3. The Morgan fingerprint density at radius 3 is 1.03 bits per heavy atom. The molecule has 2 aromatic rings. The minimum Gasteiger partial charge on any atom is -0.507 e. The fraction of sp³-hybridized carbons (Fsp3) is 0.667. The summed E-state index contributed by atoms with van der Waals surface area (Å²) in [7, 11) is 0. The maximum absolute atomic E-state index is 13.4. The quantitative estimate of drug-likeness (QED) is 0.0765. The van der Waals surface area contributed by atoms with Gasteiger partial charge < -0.3 is 30.3 Å². The van der Waals surface area contributed by atoms with Crippen molar-refractivity contribution < 1.29 is 38.9 Å². The molecule has 10 nitrogen and oxygen atoms in total. The summed E-state index contributed by atoms with van der Waals surface area (Å²) in [4.78, 5) is 51.7. The number of benzene rings is 2. The molecule has 0 fully saturated rings. The second-order valence-electron chi connectivity index (χ2n) is 19.8. The number of ketones is 2. The van der Waals surface area contributed by atoms with Gasteiger partial charge in [-0.1, -0.05) is 121 Å². The average Bonchev–Trinajstić information content (AvgIpc) is 3.09. The second-order valence-corrected chi connectivity index (χ2v) is 19.8. The number of amides is 2. The maximum Gasteiger partial charge on any atom is 0.309 e. The molecule has 4 N–H and O–H groups in total. The maximum atomic E-state index is 13.4. The summed E-state index contributed by atoms with van der Waals surface area (Å²) in [6.07, 6.45) is 3.23. The fourth-order valence-electron chi connectivity index (χ4n) is 7.11. The first-order valence-electron chi connectivity index (χ1n) is 21.3. The molecule has 0 aromatic heterocycles. The number of phenols is 2. The van der Waals surface area contributed by atoms with Crippen molar-refractivity contribution >= 4 is 23.4 Å².